The van der Waals surface area contributed by atoms with Gasteiger partial charge in [0.25, 0.3) is 5.91 Å². The summed E-state index contributed by atoms with van der Waals surface area (Å²) in [6, 6.07) is 0.429. The Labute approximate surface area is 128 Å². The van der Waals surface area contributed by atoms with Gasteiger partial charge in [0.1, 0.15) is 6.10 Å². The highest BCUT2D eigenvalue weighted by Gasteiger charge is 2.27. The summed E-state index contributed by atoms with van der Waals surface area (Å²) in [5.74, 6) is 1.41. The lowest BCUT2D eigenvalue weighted by atomic mass is 9.94. The molecule has 0 radical (unpaired) electrons. The predicted octanol–water partition coefficient (Wildman–Crippen LogP) is 0.848. The topological polar surface area (TPSA) is 53.6 Å². The fourth-order valence-corrected chi connectivity index (χ4v) is 3.20. The second kappa shape index (κ2) is 8.11. The minimum absolute atomic E-state index is 0.0261. The molecule has 0 spiro atoms. The van der Waals surface area contributed by atoms with Crippen LogP contribution in [-0.2, 0) is 9.53 Å². The lowest BCUT2D eigenvalue weighted by molar-refractivity contribution is -0.134. The first kappa shape index (κ1) is 16.7. The van der Waals surface area contributed by atoms with E-state index in [1.54, 1.807) is 0 Å². The largest absolute Gasteiger partial charge is 0.366 e. The lowest BCUT2D eigenvalue weighted by Gasteiger charge is -2.39. The Morgan fingerprint density at radius 2 is 2.10 bits per heavy atom. The van der Waals surface area contributed by atoms with Crippen LogP contribution < -0.4 is 10.6 Å². The molecule has 0 aromatic heterocycles. The van der Waals surface area contributed by atoms with Crippen molar-refractivity contribution in [2.75, 3.05) is 39.3 Å². The molecule has 2 rings (SSSR count). The number of amides is 1. The van der Waals surface area contributed by atoms with Crippen LogP contribution in [0.2, 0.25) is 0 Å². The van der Waals surface area contributed by atoms with E-state index in [-0.39, 0.29) is 12.0 Å². The SMILES string of the molecule is CC1CCN(C(CNC(=O)[C@H]2CNCCO2)C(C)C)CC1. The highest BCUT2D eigenvalue weighted by molar-refractivity contribution is 5.81. The summed E-state index contributed by atoms with van der Waals surface area (Å²) < 4.78 is 5.50. The van der Waals surface area contributed by atoms with E-state index in [4.69, 9.17) is 4.74 Å². The molecule has 0 bridgehead atoms. The van der Waals surface area contributed by atoms with Crippen LogP contribution in [0.5, 0.6) is 0 Å². The first-order chi connectivity index (χ1) is 10.1. The number of morpholine rings is 1. The van der Waals surface area contributed by atoms with E-state index in [0.717, 1.165) is 32.1 Å². The Kier molecular flexibility index (Phi) is 6.45. The van der Waals surface area contributed by atoms with Crippen molar-refractivity contribution in [3.8, 4) is 0 Å². The number of nitrogens with one attached hydrogen (secondary N) is 2. The summed E-state index contributed by atoms with van der Waals surface area (Å²) >= 11 is 0. The number of carbonyl (C=O) groups excluding carboxylic acids is 1. The zero-order valence-corrected chi connectivity index (χ0v) is 13.7. The van der Waals surface area contributed by atoms with Gasteiger partial charge in [-0.2, -0.15) is 0 Å². The van der Waals surface area contributed by atoms with Crippen molar-refractivity contribution in [1.29, 1.82) is 0 Å². The summed E-state index contributed by atoms with van der Waals surface area (Å²) in [6.07, 6.45) is 2.22. The van der Waals surface area contributed by atoms with Gasteiger partial charge in [-0.1, -0.05) is 20.8 Å². The fraction of sp³-hybridized carbons (Fsp3) is 0.938. The highest BCUT2D eigenvalue weighted by Crippen LogP contribution is 2.21. The number of rotatable bonds is 5. The molecular weight excluding hydrogens is 266 g/mol. The third-order valence-electron chi connectivity index (χ3n) is 4.76. The molecule has 21 heavy (non-hydrogen) atoms. The van der Waals surface area contributed by atoms with Gasteiger partial charge in [0.15, 0.2) is 0 Å². The molecule has 2 N–H and O–H groups in total. The van der Waals surface area contributed by atoms with Gasteiger partial charge in [-0.25, -0.2) is 0 Å². The maximum atomic E-state index is 12.2. The number of nitrogens with zero attached hydrogens (tertiary/aromatic N) is 1. The molecule has 0 aromatic carbocycles. The van der Waals surface area contributed by atoms with Gasteiger partial charge < -0.3 is 15.4 Å². The van der Waals surface area contributed by atoms with Crippen LogP contribution in [0.3, 0.4) is 0 Å². The molecule has 0 saturated carbocycles. The number of piperidine rings is 1. The second-order valence-electron chi connectivity index (χ2n) is 6.84. The van der Waals surface area contributed by atoms with E-state index in [1.807, 2.05) is 0 Å². The molecule has 2 saturated heterocycles. The third-order valence-corrected chi connectivity index (χ3v) is 4.76. The van der Waals surface area contributed by atoms with Crippen molar-refractivity contribution in [3.05, 3.63) is 0 Å². The average molecular weight is 297 g/mol. The van der Waals surface area contributed by atoms with E-state index in [2.05, 4.69) is 36.3 Å². The molecule has 2 atom stereocenters. The van der Waals surface area contributed by atoms with Gasteiger partial charge in [0.05, 0.1) is 6.61 Å². The van der Waals surface area contributed by atoms with Crippen molar-refractivity contribution in [2.24, 2.45) is 11.8 Å². The van der Waals surface area contributed by atoms with E-state index in [0.29, 0.717) is 25.1 Å². The number of likely N-dealkylation sites (tertiary alicyclic amines) is 1. The van der Waals surface area contributed by atoms with Crippen LogP contribution in [0, 0.1) is 11.8 Å². The monoisotopic (exact) mass is 297 g/mol. The summed E-state index contributed by atoms with van der Waals surface area (Å²) in [6.45, 7) is 11.9. The van der Waals surface area contributed by atoms with Gasteiger partial charge in [-0.05, 0) is 37.8 Å². The molecule has 2 fully saturated rings. The van der Waals surface area contributed by atoms with Crippen molar-refractivity contribution >= 4 is 5.91 Å². The standard InChI is InChI=1S/C16H31N3O2/c1-12(2)14(19-7-4-13(3)5-8-19)10-18-16(20)15-11-17-6-9-21-15/h12-15,17H,4-11H2,1-3H3,(H,18,20)/t14?,15-/m1/s1. The normalized spacial score (nSPS) is 26.8. The van der Waals surface area contributed by atoms with Gasteiger partial charge in [-0.3, -0.25) is 9.69 Å². The minimum atomic E-state index is -0.326. The minimum Gasteiger partial charge on any atom is -0.366 e. The Hall–Kier alpha value is -0.650. The van der Waals surface area contributed by atoms with Crippen LogP contribution in [0.1, 0.15) is 33.6 Å². The second-order valence-corrected chi connectivity index (χ2v) is 6.84. The number of carbonyl (C=O) groups is 1. The third kappa shape index (κ3) is 4.94. The maximum absolute atomic E-state index is 12.2. The number of hydrogen-bond donors (Lipinski definition) is 2. The summed E-state index contributed by atoms with van der Waals surface area (Å²) in [7, 11) is 0. The smallest absolute Gasteiger partial charge is 0.250 e. The van der Waals surface area contributed by atoms with Crippen LogP contribution in [0.4, 0.5) is 0 Å². The highest BCUT2D eigenvalue weighted by atomic mass is 16.5. The Bertz CT molecular complexity index is 321. The zero-order chi connectivity index (χ0) is 15.2. The first-order valence-corrected chi connectivity index (χ1v) is 8.42. The van der Waals surface area contributed by atoms with Crippen LogP contribution in [0.25, 0.3) is 0 Å². The first-order valence-electron chi connectivity index (χ1n) is 8.42. The van der Waals surface area contributed by atoms with Crippen LogP contribution in [0.15, 0.2) is 0 Å². The molecule has 2 heterocycles. The van der Waals surface area contributed by atoms with Gasteiger partial charge >= 0.3 is 0 Å². The molecule has 2 aliphatic rings. The van der Waals surface area contributed by atoms with E-state index < -0.39 is 0 Å². The van der Waals surface area contributed by atoms with Gasteiger partial charge in [0, 0.05) is 25.7 Å². The van der Waals surface area contributed by atoms with Gasteiger partial charge in [0.2, 0.25) is 0 Å². The molecule has 5 nitrogen and oxygen atoms in total. The van der Waals surface area contributed by atoms with Crippen LogP contribution in [-0.4, -0.2) is 62.3 Å². The molecule has 5 heteroatoms. The number of hydrogen-bond acceptors (Lipinski definition) is 4. The molecular formula is C16H31N3O2. The zero-order valence-electron chi connectivity index (χ0n) is 13.7. The average Bonchev–Trinajstić information content (AvgIpc) is 2.49. The van der Waals surface area contributed by atoms with Crippen molar-refractivity contribution in [3.63, 3.8) is 0 Å². The maximum Gasteiger partial charge on any atom is 0.250 e. The molecule has 1 unspecified atom stereocenters. The van der Waals surface area contributed by atoms with E-state index in [9.17, 15) is 4.79 Å². The van der Waals surface area contributed by atoms with E-state index >= 15 is 0 Å². The molecule has 1 amide bonds. The quantitative estimate of drug-likeness (QED) is 0.790. The van der Waals surface area contributed by atoms with Crippen molar-refractivity contribution in [2.45, 2.75) is 45.8 Å². The van der Waals surface area contributed by atoms with Crippen molar-refractivity contribution in [1.82, 2.24) is 15.5 Å². The molecule has 2 aliphatic heterocycles. The molecule has 122 valence electrons. The molecule has 0 aliphatic carbocycles. The Morgan fingerprint density at radius 3 is 2.67 bits per heavy atom. The lowest BCUT2D eigenvalue weighted by Crippen LogP contribution is -2.53. The summed E-state index contributed by atoms with van der Waals surface area (Å²) in [4.78, 5) is 14.7. The number of ether oxygens (including phenoxy) is 1. The predicted molar refractivity (Wildman–Crippen MR) is 84.2 cm³/mol. The van der Waals surface area contributed by atoms with Crippen molar-refractivity contribution < 1.29 is 9.53 Å². The van der Waals surface area contributed by atoms with Crippen LogP contribution >= 0.6 is 0 Å². The molecule has 0 aromatic rings. The summed E-state index contributed by atoms with van der Waals surface area (Å²) in [5.41, 5.74) is 0. The Morgan fingerprint density at radius 1 is 1.38 bits per heavy atom. The Balaban J connectivity index is 1.80. The van der Waals surface area contributed by atoms with Gasteiger partial charge in [-0.15, -0.1) is 0 Å². The summed E-state index contributed by atoms with van der Waals surface area (Å²) in [5, 5.41) is 6.29. The fourth-order valence-electron chi connectivity index (χ4n) is 3.20. The van der Waals surface area contributed by atoms with E-state index in [1.165, 1.54) is 12.8 Å².